The molecule has 1 aliphatic heterocycles. The van der Waals surface area contributed by atoms with Gasteiger partial charge in [-0.25, -0.2) is 0 Å². The van der Waals surface area contributed by atoms with Gasteiger partial charge in [0.05, 0.1) is 0 Å². The van der Waals surface area contributed by atoms with Crippen molar-refractivity contribution in [3.63, 3.8) is 0 Å². The van der Waals surface area contributed by atoms with Gasteiger partial charge in [0.1, 0.15) is 23.6 Å². The number of esters is 1. The van der Waals surface area contributed by atoms with E-state index in [1.54, 1.807) is 12.1 Å². The molecule has 0 spiro atoms. The van der Waals surface area contributed by atoms with Crippen LogP contribution < -0.4 is 4.74 Å². The summed E-state index contributed by atoms with van der Waals surface area (Å²) in [5.74, 6) is -0.873. The summed E-state index contributed by atoms with van der Waals surface area (Å²) >= 11 is 0. The number of para-hydroxylation sites is 1. The zero-order chi connectivity index (χ0) is 18.8. The molecular formula is C19H21F3O4. The van der Waals surface area contributed by atoms with E-state index >= 15 is 0 Å². The number of aryl methyl sites for hydroxylation is 1. The average molecular weight is 370 g/mol. The van der Waals surface area contributed by atoms with Gasteiger partial charge in [-0.3, -0.25) is 9.59 Å². The Bertz CT molecular complexity index is 662. The van der Waals surface area contributed by atoms with Crippen molar-refractivity contribution in [2.45, 2.75) is 63.3 Å². The second-order valence-corrected chi connectivity index (χ2v) is 7.07. The molecule has 1 aromatic rings. The van der Waals surface area contributed by atoms with Gasteiger partial charge in [0, 0.05) is 6.42 Å². The van der Waals surface area contributed by atoms with Gasteiger partial charge < -0.3 is 9.47 Å². The van der Waals surface area contributed by atoms with Crippen LogP contribution in [0.2, 0.25) is 0 Å². The van der Waals surface area contributed by atoms with Crippen LogP contribution in [-0.2, 0) is 20.7 Å². The second kappa shape index (κ2) is 7.29. The lowest BCUT2D eigenvalue weighted by molar-refractivity contribution is -0.274. The molecule has 0 radical (unpaired) electrons. The lowest BCUT2D eigenvalue weighted by atomic mass is 9.76. The monoisotopic (exact) mass is 370 g/mol. The van der Waals surface area contributed by atoms with Gasteiger partial charge in [-0.2, -0.15) is 0 Å². The van der Waals surface area contributed by atoms with Crippen molar-refractivity contribution in [3.8, 4) is 5.75 Å². The number of cyclic esters (lactones) is 1. The van der Waals surface area contributed by atoms with Crippen LogP contribution in [0.1, 0.15) is 50.5 Å². The van der Waals surface area contributed by atoms with Crippen molar-refractivity contribution in [2.75, 3.05) is 0 Å². The van der Waals surface area contributed by atoms with Crippen LogP contribution in [0.3, 0.4) is 0 Å². The highest BCUT2D eigenvalue weighted by Crippen LogP contribution is 2.44. The number of halogens is 3. The Labute approximate surface area is 149 Å². The van der Waals surface area contributed by atoms with Crippen LogP contribution in [0, 0.1) is 5.92 Å². The van der Waals surface area contributed by atoms with E-state index in [-0.39, 0.29) is 36.7 Å². The van der Waals surface area contributed by atoms with Crippen LogP contribution in [-0.4, -0.2) is 23.7 Å². The quantitative estimate of drug-likeness (QED) is 0.571. The van der Waals surface area contributed by atoms with Crippen molar-refractivity contribution in [2.24, 2.45) is 5.92 Å². The Morgan fingerprint density at radius 3 is 2.50 bits per heavy atom. The minimum absolute atomic E-state index is 0.0754. The molecule has 1 unspecified atom stereocenters. The Morgan fingerprint density at radius 2 is 1.85 bits per heavy atom. The first-order valence-corrected chi connectivity index (χ1v) is 8.85. The lowest BCUT2D eigenvalue weighted by Gasteiger charge is -2.41. The molecule has 2 fully saturated rings. The maximum absolute atomic E-state index is 12.6. The summed E-state index contributed by atoms with van der Waals surface area (Å²) in [7, 11) is 0. The minimum Gasteiger partial charge on any atom is -0.458 e. The lowest BCUT2D eigenvalue weighted by Crippen LogP contribution is -2.48. The highest BCUT2D eigenvalue weighted by Gasteiger charge is 2.47. The van der Waals surface area contributed by atoms with Crippen molar-refractivity contribution in [1.29, 1.82) is 0 Å². The molecule has 1 aliphatic carbocycles. The zero-order valence-electron chi connectivity index (χ0n) is 14.3. The molecule has 26 heavy (non-hydrogen) atoms. The first-order chi connectivity index (χ1) is 12.3. The second-order valence-electron chi connectivity index (χ2n) is 7.07. The predicted molar refractivity (Wildman–Crippen MR) is 86.5 cm³/mol. The number of Topliss-reactive ketones (excluding diaryl/α,β-unsaturated/α-hetero) is 1. The van der Waals surface area contributed by atoms with Crippen molar-refractivity contribution in [1.82, 2.24) is 0 Å². The van der Waals surface area contributed by atoms with Crippen LogP contribution in [0.5, 0.6) is 5.75 Å². The van der Waals surface area contributed by atoms with Crippen molar-refractivity contribution in [3.05, 3.63) is 29.8 Å². The molecular weight excluding hydrogens is 349 g/mol. The van der Waals surface area contributed by atoms with Crippen LogP contribution in [0.4, 0.5) is 13.2 Å². The standard InChI is InChI=1S/C19H21F3O4/c20-19(21,22)25-16-8-4-1-5-13(16)9-10-18(14-6-2-3-7-14)12-15(23)11-17(24)26-18/h1,4-5,8,14H,2-3,6-7,9-12H2. The summed E-state index contributed by atoms with van der Waals surface area (Å²) in [6, 6.07) is 5.94. The third kappa shape index (κ3) is 4.37. The van der Waals surface area contributed by atoms with Crippen LogP contribution in [0.25, 0.3) is 0 Å². The largest absolute Gasteiger partial charge is 0.573 e. The Hall–Kier alpha value is -2.05. The van der Waals surface area contributed by atoms with E-state index in [0.29, 0.717) is 12.0 Å². The minimum atomic E-state index is -4.77. The molecule has 1 saturated heterocycles. The first kappa shape index (κ1) is 18.7. The third-order valence-electron chi connectivity index (χ3n) is 5.27. The van der Waals surface area contributed by atoms with E-state index < -0.39 is 17.9 Å². The molecule has 1 saturated carbocycles. The average Bonchev–Trinajstić information content (AvgIpc) is 3.07. The number of benzene rings is 1. The molecule has 1 heterocycles. The smallest absolute Gasteiger partial charge is 0.458 e. The molecule has 142 valence electrons. The number of ether oxygens (including phenoxy) is 2. The van der Waals surface area contributed by atoms with E-state index in [1.165, 1.54) is 12.1 Å². The van der Waals surface area contributed by atoms with Gasteiger partial charge in [0.15, 0.2) is 0 Å². The van der Waals surface area contributed by atoms with Gasteiger partial charge in [0.2, 0.25) is 0 Å². The topological polar surface area (TPSA) is 52.6 Å². The third-order valence-corrected chi connectivity index (χ3v) is 5.27. The fourth-order valence-electron chi connectivity index (χ4n) is 4.16. The first-order valence-electron chi connectivity index (χ1n) is 8.85. The zero-order valence-corrected chi connectivity index (χ0v) is 14.3. The molecule has 2 aliphatic rings. The Balaban J connectivity index is 1.81. The highest BCUT2D eigenvalue weighted by atomic mass is 19.4. The Kier molecular flexibility index (Phi) is 5.25. The molecule has 4 nitrogen and oxygen atoms in total. The number of rotatable bonds is 5. The SMILES string of the molecule is O=C1CC(=O)OC(CCc2ccccc2OC(F)(F)F)(C2CCCC2)C1. The number of carbonyl (C=O) groups excluding carboxylic acids is 2. The fraction of sp³-hybridized carbons (Fsp3) is 0.579. The maximum Gasteiger partial charge on any atom is 0.573 e. The van der Waals surface area contributed by atoms with E-state index in [2.05, 4.69) is 4.74 Å². The number of carbonyl (C=O) groups is 2. The highest BCUT2D eigenvalue weighted by molar-refractivity contribution is 5.98. The van der Waals surface area contributed by atoms with E-state index in [0.717, 1.165) is 25.7 Å². The summed E-state index contributed by atoms with van der Waals surface area (Å²) < 4.78 is 47.6. The summed E-state index contributed by atoms with van der Waals surface area (Å²) in [6.45, 7) is 0. The van der Waals surface area contributed by atoms with Crippen LogP contribution in [0.15, 0.2) is 24.3 Å². The molecule has 1 atom stereocenters. The summed E-state index contributed by atoms with van der Waals surface area (Å²) in [4.78, 5) is 23.9. The molecule has 0 aromatic heterocycles. The molecule has 0 N–H and O–H groups in total. The summed E-state index contributed by atoms with van der Waals surface area (Å²) in [5.41, 5.74) is -0.523. The maximum atomic E-state index is 12.6. The predicted octanol–water partition coefficient (Wildman–Crippen LogP) is 4.35. The van der Waals surface area contributed by atoms with Gasteiger partial charge in [-0.15, -0.1) is 13.2 Å². The number of alkyl halides is 3. The molecule has 0 amide bonds. The summed E-state index contributed by atoms with van der Waals surface area (Å²) in [6.07, 6.45) is -0.558. The normalized spacial score (nSPS) is 24.6. The summed E-state index contributed by atoms with van der Waals surface area (Å²) in [5, 5.41) is 0. The van der Waals surface area contributed by atoms with E-state index in [4.69, 9.17) is 4.74 Å². The fourth-order valence-corrected chi connectivity index (χ4v) is 4.16. The molecule has 7 heteroatoms. The van der Waals surface area contributed by atoms with Gasteiger partial charge in [-0.05, 0) is 43.2 Å². The molecule has 1 aromatic carbocycles. The molecule has 0 bridgehead atoms. The number of ketones is 1. The van der Waals surface area contributed by atoms with Crippen molar-refractivity contribution >= 4 is 11.8 Å². The van der Waals surface area contributed by atoms with Gasteiger partial charge in [-0.1, -0.05) is 31.0 Å². The Morgan fingerprint density at radius 1 is 1.15 bits per heavy atom. The van der Waals surface area contributed by atoms with E-state index in [9.17, 15) is 22.8 Å². The van der Waals surface area contributed by atoms with Crippen molar-refractivity contribution < 1.29 is 32.2 Å². The number of hydrogen-bond acceptors (Lipinski definition) is 4. The van der Waals surface area contributed by atoms with E-state index in [1.807, 2.05) is 0 Å². The number of hydrogen-bond donors (Lipinski definition) is 0. The van der Waals surface area contributed by atoms with Crippen LogP contribution >= 0.6 is 0 Å². The van der Waals surface area contributed by atoms with Gasteiger partial charge in [0.25, 0.3) is 0 Å². The molecule has 3 rings (SSSR count). The van der Waals surface area contributed by atoms with Gasteiger partial charge >= 0.3 is 12.3 Å².